The van der Waals surface area contributed by atoms with Crippen molar-refractivity contribution < 1.29 is 19.9 Å². The van der Waals surface area contributed by atoms with Crippen molar-refractivity contribution in [3.05, 3.63) is 77.4 Å². The lowest BCUT2D eigenvalue weighted by molar-refractivity contribution is -0.699. The van der Waals surface area contributed by atoms with Crippen LogP contribution in [0.15, 0.2) is 60.7 Å². The highest BCUT2D eigenvalue weighted by Gasteiger charge is 2.26. The number of nitrogens with two attached hydrogens (primary N) is 1. The summed E-state index contributed by atoms with van der Waals surface area (Å²) in [6, 6.07) is 11.3. The lowest BCUT2D eigenvalue weighted by Crippen LogP contribution is -2.98. The number of hydrogen-bond donors (Lipinski definition) is 4. The van der Waals surface area contributed by atoms with E-state index in [-0.39, 0.29) is 22.6 Å². The van der Waals surface area contributed by atoms with Gasteiger partial charge in [0.05, 0.1) is 24.7 Å². The molecule has 1 aliphatic heterocycles. The van der Waals surface area contributed by atoms with Crippen LogP contribution in [0.5, 0.6) is 5.75 Å². The van der Waals surface area contributed by atoms with Gasteiger partial charge in [0.25, 0.3) is 11.8 Å². The molecule has 3 aromatic rings. The summed E-state index contributed by atoms with van der Waals surface area (Å²) in [5.74, 6) is 0.0543. The zero-order valence-electron chi connectivity index (χ0n) is 24.5. The molecule has 0 aliphatic carbocycles. The minimum Gasteiger partial charge on any atom is -0.492 e. The maximum absolute atomic E-state index is 13.6. The third-order valence-electron chi connectivity index (χ3n) is 6.54. The summed E-state index contributed by atoms with van der Waals surface area (Å²) >= 11 is 0. The smallest absolute Gasteiger partial charge is 0.274 e. The zero-order valence-corrected chi connectivity index (χ0v) is 24.5. The van der Waals surface area contributed by atoms with Crippen molar-refractivity contribution in [2.45, 2.75) is 53.9 Å². The molecule has 40 heavy (non-hydrogen) atoms. The molecule has 5 N–H and O–H groups in total. The van der Waals surface area contributed by atoms with Gasteiger partial charge >= 0.3 is 0 Å². The first-order valence-electron chi connectivity index (χ1n) is 13.3. The van der Waals surface area contributed by atoms with Gasteiger partial charge in [-0.3, -0.25) is 9.59 Å². The SMILES string of the molecule is COc1c(NC(=O)c2ccc(C)c(N3C=C(C(=O)NCC(C)(C)C)N[NH2+]3)c2)cc(C(C)(C)C)cc1-n1cccn1. The first kappa shape index (κ1) is 28.7. The molecule has 0 saturated heterocycles. The van der Waals surface area contributed by atoms with Crippen molar-refractivity contribution in [3.8, 4) is 11.4 Å². The van der Waals surface area contributed by atoms with Crippen molar-refractivity contribution in [3.63, 3.8) is 0 Å². The summed E-state index contributed by atoms with van der Waals surface area (Å²) < 4.78 is 7.49. The molecule has 0 unspecified atom stereocenters. The second-order valence-corrected chi connectivity index (χ2v) is 12.2. The summed E-state index contributed by atoms with van der Waals surface area (Å²) in [4.78, 5) is 26.2. The maximum atomic E-state index is 13.6. The first-order valence-corrected chi connectivity index (χ1v) is 13.3. The van der Waals surface area contributed by atoms with E-state index in [1.807, 2.05) is 48.5 Å². The molecule has 2 amide bonds. The number of aryl methyl sites for hydroxylation is 1. The summed E-state index contributed by atoms with van der Waals surface area (Å²) in [5, 5.41) is 12.2. The number of rotatable bonds is 7. The van der Waals surface area contributed by atoms with Gasteiger partial charge in [-0.15, -0.1) is 5.53 Å². The lowest BCUT2D eigenvalue weighted by Gasteiger charge is -2.24. The summed E-state index contributed by atoms with van der Waals surface area (Å²) in [6.07, 6.45) is 5.27. The van der Waals surface area contributed by atoms with Crippen molar-refractivity contribution in [2.75, 3.05) is 24.0 Å². The van der Waals surface area contributed by atoms with Crippen molar-refractivity contribution in [1.29, 1.82) is 0 Å². The second-order valence-electron chi connectivity index (χ2n) is 12.2. The summed E-state index contributed by atoms with van der Waals surface area (Å²) in [6.45, 7) is 15.1. The van der Waals surface area contributed by atoms with E-state index in [9.17, 15) is 9.59 Å². The molecular formula is C30H40N7O3+. The predicted molar refractivity (Wildman–Crippen MR) is 156 cm³/mol. The fourth-order valence-corrected chi connectivity index (χ4v) is 4.22. The van der Waals surface area contributed by atoms with Crippen LogP contribution >= 0.6 is 0 Å². The number of benzene rings is 2. The number of ether oxygens (including phenoxy) is 1. The van der Waals surface area contributed by atoms with Crippen LogP contribution in [-0.2, 0) is 10.2 Å². The van der Waals surface area contributed by atoms with Gasteiger partial charge in [-0.2, -0.15) is 10.1 Å². The van der Waals surface area contributed by atoms with Crippen LogP contribution in [0.4, 0.5) is 11.4 Å². The van der Waals surface area contributed by atoms with Gasteiger partial charge in [0, 0.05) is 24.5 Å². The molecular weight excluding hydrogens is 506 g/mol. The van der Waals surface area contributed by atoms with Gasteiger partial charge in [-0.25, -0.2) is 10.1 Å². The Morgan fingerprint density at radius 1 is 1.05 bits per heavy atom. The number of aromatic nitrogens is 2. The molecule has 0 saturated carbocycles. The molecule has 0 spiro atoms. The fourth-order valence-electron chi connectivity index (χ4n) is 4.22. The number of nitrogens with one attached hydrogen (secondary N) is 3. The Morgan fingerprint density at radius 3 is 2.42 bits per heavy atom. The molecule has 2 heterocycles. The maximum Gasteiger partial charge on any atom is 0.274 e. The molecule has 0 radical (unpaired) electrons. The highest BCUT2D eigenvalue weighted by molar-refractivity contribution is 6.06. The number of hydrogen-bond acceptors (Lipinski definition) is 6. The molecule has 10 nitrogen and oxygen atoms in total. The van der Waals surface area contributed by atoms with E-state index in [2.05, 4.69) is 62.7 Å². The standard InChI is InChI=1S/C30H39N7O3/c1-19-10-11-20(14-24(19)37-17-23(34-35-37)28(39)31-18-29(2,3)4)27(38)33-22-15-21(30(5,6)7)16-25(26(22)40-8)36-13-9-12-32-36/h9-17,34-35H,18H2,1-8H3,(H,31,39)(H,33,38)/p+1. The van der Waals surface area contributed by atoms with Gasteiger partial charge in [-0.05, 0) is 59.2 Å². The van der Waals surface area contributed by atoms with Gasteiger partial charge in [0.2, 0.25) is 0 Å². The van der Waals surface area contributed by atoms with E-state index in [0.717, 1.165) is 22.5 Å². The third-order valence-corrected chi connectivity index (χ3v) is 6.54. The first-order chi connectivity index (χ1) is 18.8. The summed E-state index contributed by atoms with van der Waals surface area (Å²) in [7, 11) is 1.58. The van der Waals surface area contributed by atoms with E-state index in [1.54, 1.807) is 35.8 Å². The molecule has 0 atom stereocenters. The zero-order chi connectivity index (χ0) is 29.2. The van der Waals surface area contributed by atoms with Crippen LogP contribution in [0.1, 0.15) is 63.0 Å². The van der Waals surface area contributed by atoms with E-state index < -0.39 is 0 Å². The number of methoxy groups -OCH3 is 1. The second kappa shape index (κ2) is 11.1. The molecule has 1 aliphatic rings. The number of quaternary nitrogens is 1. The van der Waals surface area contributed by atoms with Gasteiger partial charge in [0.15, 0.2) is 11.4 Å². The van der Waals surface area contributed by atoms with Crippen LogP contribution in [0.3, 0.4) is 0 Å². The molecule has 0 bridgehead atoms. The van der Waals surface area contributed by atoms with Crippen LogP contribution in [0.25, 0.3) is 5.69 Å². The predicted octanol–water partition coefficient (Wildman–Crippen LogP) is 3.55. The number of anilines is 2. The number of amides is 2. The quantitative estimate of drug-likeness (QED) is 0.337. The van der Waals surface area contributed by atoms with E-state index >= 15 is 0 Å². The monoisotopic (exact) mass is 546 g/mol. The minimum atomic E-state index is -0.281. The average molecular weight is 547 g/mol. The van der Waals surface area contributed by atoms with E-state index in [0.29, 0.717) is 29.2 Å². The van der Waals surface area contributed by atoms with Gasteiger partial charge in [-0.1, -0.05) is 47.6 Å². The molecule has 10 heteroatoms. The van der Waals surface area contributed by atoms with Crippen LogP contribution < -0.4 is 31.3 Å². The third kappa shape index (κ3) is 6.45. The Labute approximate surface area is 235 Å². The van der Waals surface area contributed by atoms with Crippen LogP contribution in [-0.4, -0.2) is 35.2 Å². The number of nitrogens with zero attached hydrogens (tertiary/aromatic N) is 3. The van der Waals surface area contributed by atoms with Crippen molar-refractivity contribution in [1.82, 2.24) is 20.5 Å². The molecule has 0 fully saturated rings. The van der Waals surface area contributed by atoms with Gasteiger partial charge < -0.3 is 15.4 Å². The largest absolute Gasteiger partial charge is 0.492 e. The molecule has 212 valence electrons. The molecule has 1 aromatic heterocycles. The Hall–Kier alpha value is -4.31. The topological polar surface area (TPSA) is 117 Å². The minimum absolute atomic E-state index is 0.0231. The fraction of sp³-hybridized carbons (Fsp3) is 0.367. The lowest BCUT2D eigenvalue weighted by atomic mass is 9.86. The Morgan fingerprint density at radius 2 is 1.80 bits per heavy atom. The summed E-state index contributed by atoms with van der Waals surface area (Å²) in [5.41, 5.74) is 9.51. The van der Waals surface area contributed by atoms with E-state index in [4.69, 9.17) is 4.74 Å². The normalized spacial score (nSPS) is 13.5. The van der Waals surface area contributed by atoms with Crippen LogP contribution in [0, 0.1) is 12.3 Å². The van der Waals surface area contributed by atoms with Crippen molar-refractivity contribution >= 4 is 23.2 Å². The number of carbonyl (C=O) groups excluding carboxylic acids is 2. The van der Waals surface area contributed by atoms with Crippen molar-refractivity contribution in [2.24, 2.45) is 5.41 Å². The van der Waals surface area contributed by atoms with Crippen LogP contribution in [0.2, 0.25) is 0 Å². The molecule has 4 rings (SSSR count). The Bertz CT molecular complexity index is 1430. The van der Waals surface area contributed by atoms with E-state index in [1.165, 1.54) is 0 Å². The Balaban J connectivity index is 1.62. The average Bonchev–Trinajstić information content (AvgIpc) is 3.59. The highest BCUT2D eigenvalue weighted by atomic mass is 16.5. The number of carbonyl (C=O) groups is 2. The molecule has 2 aromatic carbocycles. The van der Waals surface area contributed by atoms with Gasteiger partial charge in [0.1, 0.15) is 5.69 Å². The Kier molecular flexibility index (Phi) is 7.93. The highest BCUT2D eigenvalue weighted by Crippen LogP contribution is 2.37.